The van der Waals surface area contributed by atoms with Crippen LogP contribution in [0.3, 0.4) is 0 Å². The lowest BCUT2D eigenvalue weighted by molar-refractivity contribution is 0.111. The maximum absolute atomic E-state index is 11.1. The lowest BCUT2D eigenvalue weighted by Crippen LogP contribution is -2.24. The fourth-order valence-electron chi connectivity index (χ4n) is 3.40. The Morgan fingerprint density at radius 2 is 2.00 bits per heavy atom. The first kappa shape index (κ1) is 15.5. The summed E-state index contributed by atoms with van der Waals surface area (Å²) >= 11 is 0. The molecule has 1 aliphatic rings. The lowest BCUT2D eigenvalue weighted by atomic mass is 9.76. The van der Waals surface area contributed by atoms with Crippen LogP contribution in [0.1, 0.15) is 47.5 Å². The second kappa shape index (κ2) is 7.27. The van der Waals surface area contributed by atoms with Gasteiger partial charge >= 0.3 is 0 Å². The van der Waals surface area contributed by atoms with Gasteiger partial charge in [0.2, 0.25) is 5.88 Å². The monoisotopic (exact) mass is 311 g/mol. The molecule has 1 N–H and O–H groups in total. The van der Waals surface area contributed by atoms with Crippen molar-refractivity contribution in [3.63, 3.8) is 0 Å². The van der Waals surface area contributed by atoms with E-state index in [0.717, 1.165) is 6.42 Å². The van der Waals surface area contributed by atoms with Crippen LogP contribution in [-0.2, 0) is 0 Å². The summed E-state index contributed by atoms with van der Waals surface area (Å²) in [4.78, 5) is 14.9. The largest absolute Gasteiger partial charge is 0.493 e. The summed E-state index contributed by atoms with van der Waals surface area (Å²) in [6, 6.07) is 11.9. The molecule has 4 nitrogen and oxygen atoms in total. The van der Waals surface area contributed by atoms with Gasteiger partial charge in [-0.2, -0.15) is 0 Å². The first-order chi connectivity index (χ1) is 11.3. The van der Waals surface area contributed by atoms with E-state index in [-0.39, 0.29) is 5.88 Å². The minimum absolute atomic E-state index is 0.167. The molecular weight excluding hydrogens is 290 g/mol. The number of hydrogen-bond acceptors (Lipinski definition) is 4. The first-order valence-electron chi connectivity index (χ1n) is 8.10. The molecular formula is C19H21NO3. The van der Waals surface area contributed by atoms with E-state index in [1.807, 2.05) is 6.07 Å². The Morgan fingerprint density at radius 1 is 1.22 bits per heavy atom. The van der Waals surface area contributed by atoms with E-state index < -0.39 is 0 Å². The molecule has 0 radical (unpaired) electrons. The van der Waals surface area contributed by atoms with Gasteiger partial charge in [0.05, 0.1) is 18.4 Å². The number of aromatic nitrogens is 1. The predicted octanol–water partition coefficient (Wildman–Crippen LogP) is 3.95. The maximum atomic E-state index is 11.1. The molecule has 23 heavy (non-hydrogen) atoms. The summed E-state index contributed by atoms with van der Waals surface area (Å²) in [5, 5.41) is 9.35. The topological polar surface area (TPSA) is 59.4 Å². The first-order valence-corrected chi connectivity index (χ1v) is 8.10. The highest BCUT2D eigenvalue weighted by Crippen LogP contribution is 2.38. The molecule has 0 amide bonds. The van der Waals surface area contributed by atoms with Gasteiger partial charge in [-0.05, 0) is 30.2 Å². The van der Waals surface area contributed by atoms with Gasteiger partial charge in [-0.15, -0.1) is 0 Å². The highest BCUT2D eigenvalue weighted by atomic mass is 16.5. The second-order valence-electron chi connectivity index (χ2n) is 6.07. The molecule has 1 aromatic carbocycles. The van der Waals surface area contributed by atoms with Gasteiger partial charge in [-0.25, -0.2) is 4.98 Å². The zero-order chi connectivity index (χ0) is 16.1. The molecule has 2 unspecified atom stereocenters. The molecule has 3 rings (SSSR count). The average molecular weight is 311 g/mol. The van der Waals surface area contributed by atoms with Crippen molar-refractivity contribution in [1.82, 2.24) is 4.98 Å². The van der Waals surface area contributed by atoms with E-state index in [0.29, 0.717) is 36.0 Å². The Kier molecular flexibility index (Phi) is 4.91. The number of aldehydes is 1. The smallest absolute Gasteiger partial charge is 0.211 e. The Balaban J connectivity index is 1.72. The van der Waals surface area contributed by atoms with Crippen molar-refractivity contribution in [1.29, 1.82) is 0 Å². The molecule has 1 heterocycles. The summed E-state index contributed by atoms with van der Waals surface area (Å²) in [5.41, 5.74) is 1.70. The molecule has 4 heteroatoms. The van der Waals surface area contributed by atoms with E-state index >= 15 is 0 Å². The van der Waals surface area contributed by atoms with Gasteiger partial charge in [0.15, 0.2) is 6.29 Å². The van der Waals surface area contributed by atoms with E-state index in [4.69, 9.17) is 4.74 Å². The van der Waals surface area contributed by atoms with E-state index in [1.54, 1.807) is 0 Å². The number of aromatic hydroxyl groups is 1. The molecule has 0 spiro atoms. The van der Waals surface area contributed by atoms with Crippen LogP contribution in [0.2, 0.25) is 0 Å². The summed E-state index contributed by atoms with van der Waals surface area (Å²) in [5.74, 6) is 1.20. The van der Waals surface area contributed by atoms with Crippen LogP contribution in [-0.4, -0.2) is 23.0 Å². The highest BCUT2D eigenvalue weighted by molar-refractivity contribution is 5.79. The number of rotatable bonds is 5. The van der Waals surface area contributed by atoms with Crippen LogP contribution in [0.4, 0.5) is 0 Å². The van der Waals surface area contributed by atoms with Gasteiger partial charge in [0, 0.05) is 6.07 Å². The molecule has 1 saturated carbocycles. The Morgan fingerprint density at radius 3 is 2.78 bits per heavy atom. The van der Waals surface area contributed by atoms with Crippen LogP contribution in [0.15, 0.2) is 42.6 Å². The molecule has 0 saturated heterocycles. The highest BCUT2D eigenvalue weighted by Gasteiger charge is 2.27. The third kappa shape index (κ3) is 3.70. The normalized spacial score (nSPS) is 20.9. The van der Waals surface area contributed by atoms with Crippen LogP contribution in [0.5, 0.6) is 11.6 Å². The van der Waals surface area contributed by atoms with Crippen molar-refractivity contribution in [2.75, 3.05) is 6.61 Å². The van der Waals surface area contributed by atoms with E-state index in [9.17, 15) is 9.90 Å². The zero-order valence-corrected chi connectivity index (χ0v) is 13.0. The van der Waals surface area contributed by atoms with Gasteiger partial charge in [-0.3, -0.25) is 4.79 Å². The molecule has 1 aromatic heterocycles. The molecule has 1 aliphatic carbocycles. The number of carbonyl (C=O) groups is 1. The molecule has 0 bridgehead atoms. The zero-order valence-electron chi connectivity index (χ0n) is 13.0. The van der Waals surface area contributed by atoms with Crippen molar-refractivity contribution >= 4 is 6.29 Å². The number of nitrogens with zero attached hydrogens (tertiary/aromatic N) is 1. The number of pyridine rings is 1. The van der Waals surface area contributed by atoms with Crippen LogP contribution in [0.25, 0.3) is 0 Å². The molecule has 0 aliphatic heterocycles. The second-order valence-corrected chi connectivity index (χ2v) is 6.07. The van der Waals surface area contributed by atoms with Crippen molar-refractivity contribution in [2.24, 2.45) is 5.92 Å². The summed E-state index contributed by atoms with van der Waals surface area (Å²) in [7, 11) is 0. The number of carbonyl (C=O) groups excluding carboxylic acids is 1. The number of ether oxygens (including phenoxy) is 1. The van der Waals surface area contributed by atoms with Gasteiger partial charge in [-0.1, -0.05) is 43.2 Å². The quantitative estimate of drug-likeness (QED) is 0.849. The van der Waals surface area contributed by atoms with Crippen molar-refractivity contribution in [3.05, 3.63) is 53.7 Å². The lowest BCUT2D eigenvalue weighted by Gasteiger charge is -2.32. The van der Waals surface area contributed by atoms with Gasteiger partial charge in [0.25, 0.3) is 0 Å². The molecule has 2 atom stereocenters. The van der Waals surface area contributed by atoms with Crippen LogP contribution < -0.4 is 4.74 Å². The third-order valence-corrected chi connectivity index (χ3v) is 4.60. The molecule has 1 fully saturated rings. The van der Waals surface area contributed by atoms with E-state index in [1.165, 1.54) is 37.1 Å². The minimum Gasteiger partial charge on any atom is -0.493 e. The molecule has 120 valence electrons. The van der Waals surface area contributed by atoms with Crippen molar-refractivity contribution in [3.8, 4) is 11.6 Å². The van der Waals surface area contributed by atoms with Crippen LogP contribution >= 0.6 is 0 Å². The average Bonchev–Trinajstić information content (AvgIpc) is 2.61. The van der Waals surface area contributed by atoms with Crippen LogP contribution in [0, 0.1) is 5.92 Å². The summed E-state index contributed by atoms with van der Waals surface area (Å²) in [6.07, 6.45) is 6.86. The van der Waals surface area contributed by atoms with E-state index in [2.05, 4.69) is 29.2 Å². The van der Waals surface area contributed by atoms with Gasteiger partial charge in [0.1, 0.15) is 5.75 Å². The standard InChI is InChI=1S/C19H21NO3/c21-12-16-10-19(22)20-11-18(16)23-13-15-8-4-5-9-17(15)14-6-2-1-3-7-14/h1-3,6-7,10-12,15,17H,4-5,8-9,13H2,(H,20,22). The fraction of sp³-hybridized carbons (Fsp3) is 0.368. The fourth-order valence-corrected chi connectivity index (χ4v) is 3.40. The third-order valence-electron chi connectivity index (χ3n) is 4.60. The summed E-state index contributed by atoms with van der Waals surface area (Å²) < 4.78 is 5.87. The SMILES string of the molecule is O=Cc1cc(O)ncc1OCC1CCCCC1c1ccccc1. The van der Waals surface area contributed by atoms with Gasteiger partial charge < -0.3 is 9.84 Å². The van der Waals surface area contributed by atoms with Crippen molar-refractivity contribution in [2.45, 2.75) is 31.6 Å². The Hall–Kier alpha value is -2.36. The number of hydrogen-bond donors (Lipinski definition) is 1. The van der Waals surface area contributed by atoms with Crippen molar-refractivity contribution < 1.29 is 14.6 Å². The minimum atomic E-state index is -0.167. The maximum Gasteiger partial charge on any atom is 0.211 e. The Labute approximate surface area is 136 Å². The Bertz CT molecular complexity index is 657. The number of benzene rings is 1. The predicted molar refractivity (Wildman–Crippen MR) is 87.9 cm³/mol. The molecule has 2 aromatic rings. The summed E-state index contributed by atoms with van der Waals surface area (Å²) in [6.45, 7) is 0.562.